The molecular weight excluding hydrogens is 420 g/mol. The van der Waals surface area contributed by atoms with E-state index in [4.69, 9.17) is 18.9 Å². The van der Waals surface area contributed by atoms with E-state index in [2.05, 4.69) is 0 Å². The van der Waals surface area contributed by atoms with Crippen molar-refractivity contribution in [1.82, 2.24) is 4.90 Å². The molecule has 0 unspecified atom stereocenters. The Morgan fingerprint density at radius 2 is 1.22 bits per heavy atom. The van der Waals surface area contributed by atoms with Gasteiger partial charge in [-0.2, -0.15) is 0 Å². The second kappa shape index (κ2) is 11.9. The second-order valence-corrected chi connectivity index (χ2v) is 6.74. The van der Waals surface area contributed by atoms with Gasteiger partial charge >= 0.3 is 0 Å². The summed E-state index contributed by atoms with van der Waals surface area (Å²) in [5.41, 5.74) is 0.872. The van der Waals surface area contributed by atoms with Crippen LogP contribution in [0.25, 0.3) is 0 Å². The summed E-state index contributed by atoms with van der Waals surface area (Å²) in [6.07, 6.45) is 0. The number of amides is 2. The van der Waals surface area contributed by atoms with Gasteiger partial charge in [0.05, 0.1) is 62.2 Å². The van der Waals surface area contributed by atoms with Gasteiger partial charge in [0.25, 0.3) is 17.5 Å². The molecule has 0 fully saturated rings. The number of benzene rings is 2. The van der Waals surface area contributed by atoms with Crippen LogP contribution in [0.5, 0.6) is 5.75 Å². The van der Waals surface area contributed by atoms with E-state index in [-0.39, 0.29) is 30.7 Å². The van der Waals surface area contributed by atoms with Crippen molar-refractivity contribution < 1.29 is 33.5 Å². The molecule has 32 heavy (non-hydrogen) atoms. The lowest BCUT2D eigenvalue weighted by atomic mass is 10.1. The molecule has 0 aliphatic carbocycles. The fourth-order valence-electron chi connectivity index (χ4n) is 3.02. The Labute approximate surface area is 184 Å². The van der Waals surface area contributed by atoms with Gasteiger partial charge in [-0.1, -0.05) is 12.1 Å². The smallest absolute Gasteiger partial charge is 0.269 e. The third-order valence-electron chi connectivity index (χ3n) is 4.63. The highest BCUT2D eigenvalue weighted by molar-refractivity contribution is 6.21. The highest BCUT2D eigenvalue weighted by Gasteiger charge is 2.34. The minimum absolute atomic E-state index is 0.0123. The summed E-state index contributed by atoms with van der Waals surface area (Å²) in [7, 11) is 0. The number of hydrogen-bond acceptors (Lipinski definition) is 8. The topological polar surface area (TPSA) is 117 Å². The molecular formula is C22H24N2O8. The maximum Gasteiger partial charge on any atom is 0.269 e. The van der Waals surface area contributed by atoms with Crippen molar-refractivity contribution in [2.75, 3.05) is 52.8 Å². The number of nitrogens with zero attached hydrogens (tertiary/aromatic N) is 2. The third-order valence-corrected chi connectivity index (χ3v) is 4.63. The first-order valence-electron chi connectivity index (χ1n) is 10.1. The van der Waals surface area contributed by atoms with Crippen molar-refractivity contribution in [1.29, 1.82) is 0 Å². The van der Waals surface area contributed by atoms with Crippen LogP contribution in [-0.2, 0) is 14.2 Å². The van der Waals surface area contributed by atoms with E-state index in [0.717, 1.165) is 0 Å². The van der Waals surface area contributed by atoms with E-state index < -0.39 is 4.92 Å². The van der Waals surface area contributed by atoms with Gasteiger partial charge in [0.2, 0.25) is 0 Å². The lowest BCUT2D eigenvalue weighted by Gasteiger charge is -2.13. The number of nitro groups is 1. The molecule has 0 N–H and O–H groups in total. The van der Waals surface area contributed by atoms with Gasteiger partial charge in [0, 0.05) is 12.1 Å². The van der Waals surface area contributed by atoms with Crippen molar-refractivity contribution in [2.45, 2.75) is 0 Å². The van der Waals surface area contributed by atoms with Crippen LogP contribution >= 0.6 is 0 Å². The molecule has 0 bridgehead atoms. The van der Waals surface area contributed by atoms with Gasteiger partial charge in [-0.3, -0.25) is 24.6 Å². The summed E-state index contributed by atoms with van der Waals surface area (Å²) in [6.45, 7) is 2.60. The second-order valence-electron chi connectivity index (χ2n) is 6.74. The molecule has 0 atom stereocenters. The zero-order chi connectivity index (χ0) is 22.8. The molecule has 0 radical (unpaired) electrons. The average Bonchev–Trinajstić information content (AvgIpc) is 3.05. The fourth-order valence-corrected chi connectivity index (χ4v) is 3.02. The Hall–Kier alpha value is -3.34. The number of ether oxygens (including phenoxy) is 4. The van der Waals surface area contributed by atoms with Crippen molar-refractivity contribution in [3.05, 3.63) is 69.8 Å². The Morgan fingerprint density at radius 1 is 0.719 bits per heavy atom. The lowest BCUT2D eigenvalue weighted by molar-refractivity contribution is -0.384. The Morgan fingerprint density at radius 3 is 1.75 bits per heavy atom. The first-order chi connectivity index (χ1) is 15.6. The molecule has 170 valence electrons. The first kappa shape index (κ1) is 23.3. The SMILES string of the molecule is O=C1c2ccccc2C(=O)N1CCOCCOCCOCCOc1ccc([N+](=O)[O-])cc1. The number of imide groups is 1. The molecule has 1 aliphatic heterocycles. The summed E-state index contributed by atoms with van der Waals surface area (Å²) in [5, 5.41) is 10.6. The molecule has 2 aromatic carbocycles. The lowest BCUT2D eigenvalue weighted by Crippen LogP contribution is -2.33. The Bertz CT molecular complexity index is 897. The van der Waals surface area contributed by atoms with Gasteiger partial charge in [0.1, 0.15) is 12.4 Å². The van der Waals surface area contributed by atoms with Gasteiger partial charge in [-0.25, -0.2) is 0 Å². The molecule has 1 aliphatic rings. The van der Waals surface area contributed by atoms with Crippen LogP contribution in [0.1, 0.15) is 20.7 Å². The Kier molecular flexibility index (Phi) is 8.67. The predicted octanol–water partition coefficient (Wildman–Crippen LogP) is 2.32. The maximum atomic E-state index is 12.2. The van der Waals surface area contributed by atoms with Crippen LogP contribution in [0.2, 0.25) is 0 Å². The van der Waals surface area contributed by atoms with Crippen molar-refractivity contribution in [3.8, 4) is 5.75 Å². The standard InChI is InChI=1S/C22H24N2O8/c25-21-19-3-1-2-4-20(19)22(26)23(21)9-10-29-11-12-30-13-14-31-15-16-32-18-7-5-17(6-8-18)24(27)28/h1-8H,9-16H2. The summed E-state index contributed by atoms with van der Waals surface area (Å²) in [6, 6.07) is 12.6. The summed E-state index contributed by atoms with van der Waals surface area (Å²) < 4.78 is 21.6. The minimum Gasteiger partial charge on any atom is -0.491 e. The molecule has 0 saturated carbocycles. The quantitative estimate of drug-likeness (QED) is 0.189. The zero-order valence-corrected chi connectivity index (χ0v) is 17.4. The minimum atomic E-state index is -0.466. The van der Waals surface area contributed by atoms with Crippen LogP contribution in [0.15, 0.2) is 48.5 Å². The van der Waals surface area contributed by atoms with Gasteiger partial charge in [-0.15, -0.1) is 0 Å². The van der Waals surface area contributed by atoms with E-state index in [9.17, 15) is 19.7 Å². The van der Waals surface area contributed by atoms with E-state index in [1.54, 1.807) is 24.3 Å². The van der Waals surface area contributed by atoms with E-state index in [1.165, 1.54) is 29.2 Å². The summed E-state index contributed by atoms with van der Waals surface area (Å²) in [4.78, 5) is 35.7. The van der Waals surface area contributed by atoms with Crippen molar-refractivity contribution in [2.24, 2.45) is 0 Å². The molecule has 2 amide bonds. The average molecular weight is 444 g/mol. The van der Waals surface area contributed by atoms with Crippen molar-refractivity contribution >= 4 is 17.5 Å². The van der Waals surface area contributed by atoms with Crippen LogP contribution < -0.4 is 4.74 Å². The number of hydrogen-bond donors (Lipinski definition) is 0. The molecule has 3 rings (SSSR count). The normalized spacial score (nSPS) is 12.8. The predicted molar refractivity (Wildman–Crippen MR) is 113 cm³/mol. The first-order valence-corrected chi connectivity index (χ1v) is 10.1. The largest absolute Gasteiger partial charge is 0.491 e. The number of carbonyl (C=O) groups is 2. The van der Waals surface area contributed by atoms with Gasteiger partial charge in [0.15, 0.2) is 0 Å². The number of nitro benzene ring substituents is 1. The molecule has 2 aromatic rings. The monoisotopic (exact) mass is 444 g/mol. The number of fused-ring (bicyclic) bond motifs is 1. The summed E-state index contributed by atoms with van der Waals surface area (Å²) in [5.74, 6) is -0.0471. The van der Waals surface area contributed by atoms with Crippen LogP contribution in [-0.4, -0.2) is 74.4 Å². The molecule has 10 nitrogen and oxygen atoms in total. The Balaban J connectivity index is 1.15. The molecule has 1 heterocycles. The van der Waals surface area contributed by atoms with Gasteiger partial charge < -0.3 is 18.9 Å². The molecule has 0 spiro atoms. The number of non-ortho nitro benzene ring substituents is 1. The molecule has 0 aromatic heterocycles. The number of rotatable bonds is 14. The molecule has 10 heteroatoms. The maximum absolute atomic E-state index is 12.2. The van der Waals surface area contributed by atoms with E-state index in [1.807, 2.05) is 0 Å². The zero-order valence-electron chi connectivity index (χ0n) is 17.4. The van der Waals surface area contributed by atoms with E-state index >= 15 is 0 Å². The van der Waals surface area contributed by atoms with E-state index in [0.29, 0.717) is 56.5 Å². The van der Waals surface area contributed by atoms with Crippen LogP contribution in [0.3, 0.4) is 0 Å². The molecule has 0 saturated heterocycles. The summed E-state index contributed by atoms with van der Waals surface area (Å²) >= 11 is 0. The highest BCUT2D eigenvalue weighted by Crippen LogP contribution is 2.22. The fraction of sp³-hybridized carbons (Fsp3) is 0.364. The van der Waals surface area contributed by atoms with Crippen LogP contribution in [0, 0.1) is 10.1 Å². The van der Waals surface area contributed by atoms with Gasteiger partial charge in [-0.05, 0) is 24.3 Å². The number of carbonyl (C=O) groups excluding carboxylic acids is 2. The van der Waals surface area contributed by atoms with Crippen molar-refractivity contribution in [3.63, 3.8) is 0 Å². The van der Waals surface area contributed by atoms with Crippen LogP contribution in [0.4, 0.5) is 5.69 Å². The highest BCUT2D eigenvalue weighted by atomic mass is 16.6. The third kappa shape index (κ3) is 6.33.